The van der Waals surface area contributed by atoms with E-state index in [4.69, 9.17) is 11.6 Å². The largest absolute Gasteiger partial charge is 0.387 e. The van der Waals surface area contributed by atoms with Crippen molar-refractivity contribution < 1.29 is 9.90 Å². The minimum atomic E-state index is -0.531. The van der Waals surface area contributed by atoms with Gasteiger partial charge < -0.3 is 10.4 Å². The first-order valence-electron chi connectivity index (χ1n) is 6.55. The molecule has 1 saturated carbocycles. The van der Waals surface area contributed by atoms with E-state index in [-0.39, 0.29) is 5.91 Å². The molecule has 1 amide bonds. The summed E-state index contributed by atoms with van der Waals surface area (Å²) in [6.45, 7) is 1.54. The zero-order chi connectivity index (χ0) is 13.5. The Balaban J connectivity index is 1.47. The van der Waals surface area contributed by atoms with Gasteiger partial charge in [-0.15, -0.1) is 0 Å². The van der Waals surface area contributed by atoms with Crippen molar-refractivity contribution in [2.45, 2.75) is 18.4 Å². The van der Waals surface area contributed by atoms with E-state index in [0.717, 1.165) is 12.8 Å². The molecule has 0 radical (unpaired) electrons. The smallest absolute Gasteiger partial charge is 0.238 e. The van der Waals surface area contributed by atoms with Crippen LogP contribution >= 0.6 is 11.6 Å². The molecule has 0 spiro atoms. The van der Waals surface area contributed by atoms with Crippen molar-refractivity contribution in [2.75, 3.05) is 25.0 Å². The molecule has 2 fully saturated rings. The van der Waals surface area contributed by atoms with Crippen molar-refractivity contribution >= 4 is 23.2 Å². The molecule has 5 heteroatoms. The predicted octanol–water partition coefficient (Wildman–Crippen LogP) is 1.74. The molecule has 0 bridgehead atoms. The average Bonchev–Trinajstić information content (AvgIpc) is 3.10. The molecule has 0 atom stereocenters. The van der Waals surface area contributed by atoms with E-state index in [0.29, 0.717) is 36.3 Å². The number of β-amino-alcohol motifs (C(OH)–C–C–N with tert-alkyl or cyclic N) is 1. The van der Waals surface area contributed by atoms with E-state index < -0.39 is 5.60 Å². The van der Waals surface area contributed by atoms with Gasteiger partial charge in [-0.2, -0.15) is 0 Å². The Hall–Kier alpha value is -1.10. The van der Waals surface area contributed by atoms with Gasteiger partial charge >= 0.3 is 0 Å². The number of halogens is 1. The zero-order valence-corrected chi connectivity index (χ0v) is 11.4. The number of carbonyl (C=O) groups excluding carboxylic acids is 1. The molecule has 102 valence electrons. The van der Waals surface area contributed by atoms with Crippen molar-refractivity contribution in [2.24, 2.45) is 5.92 Å². The molecule has 0 aromatic heterocycles. The van der Waals surface area contributed by atoms with Crippen molar-refractivity contribution in [3.8, 4) is 0 Å². The van der Waals surface area contributed by atoms with E-state index in [2.05, 4.69) is 5.32 Å². The molecule has 1 aromatic carbocycles. The number of likely N-dealkylation sites (tertiary alicyclic amines) is 1. The van der Waals surface area contributed by atoms with Crippen LogP contribution in [0.1, 0.15) is 12.8 Å². The third-order valence-corrected chi connectivity index (χ3v) is 4.04. The summed E-state index contributed by atoms with van der Waals surface area (Å²) in [5, 5.41) is 13.6. The number of nitrogens with one attached hydrogen (secondary N) is 1. The summed E-state index contributed by atoms with van der Waals surface area (Å²) in [5.74, 6) is 0.389. The Morgan fingerprint density at radius 1 is 1.47 bits per heavy atom. The lowest BCUT2D eigenvalue weighted by atomic mass is 9.89. The number of aliphatic hydroxyl groups is 1. The molecular weight excluding hydrogens is 264 g/mol. The Morgan fingerprint density at radius 2 is 2.21 bits per heavy atom. The summed E-state index contributed by atoms with van der Waals surface area (Å²) in [4.78, 5) is 13.8. The van der Waals surface area contributed by atoms with Crippen LogP contribution in [-0.4, -0.2) is 41.1 Å². The van der Waals surface area contributed by atoms with E-state index in [1.807, 2.05) is 4.90 Å². The molecular formula is C14H17ClN2O2. The number of hydrogen-bond acceptors (Lipinski definition) is 3. The Morgan fingerprint density at radius 3 is 2.84 bits per heavy atom. The van der Waals surface area contributed by atoms with Crippen LogP contribution in [0.3, 0.4) is 0 Å². The predicted molar refractivity (Wildman–Crippen MR) is 74.2 cm³/mol. The number of nitrogens with zero attached hydrogens (tertiary/aromatic N) is 1. The minimum Gasteiger partial charge on any atom is -0.387 e. The molecule has 1 aromatic rings. The van der Waals surface area contributed by atoms with Crippen molar-refractivity contribution in [1.29, 1.82) is 0 Å². The molecule has 2 aliphatic rings. The Kier molecular flexibility index (Phi) is 3.25. The van der Waals surface area contributed by atoms with Gasteiger partial charge in [-0.1, -0.05) is 17.7 Å². The second kappa shape index (κ2) is 4.78. The fourth-order valence-electron chi connectivity index (χ4n) is 2.69. The van der Waals surface area contributed by atoms with Crippen LogP contribution in [0, 0.1) is 5.92 Å². The third-order valence-electron chi connectivity index (χ3n) is 3.81. The monoisotopic (exact) mass is 280 g/mol. The summed E-state index contributed by atoms with van der Waals surface area (Å²) in [5.41, 5.74) is 0.173. The second-order valence-electron chi connectivity index (χ2n) is 5.58. The fraction of sp³-hybridized carbons (Fsp3) is 0.500. The first-order chi connectivity index (χ1) is 9.05. The first kappa shape index (κ1) is 12.9. The zero-order valence-electron chi connectivity index (χ0n) is 10.6. The van der Waals surface area contributed by atoms with Gasteiger partial charge in [0.1, 0.15) is 0 Å². The fourth-order valence-corrected chi connectivity index (χ4v) is 2.88. The summed E-state index contributed by atoms with van der Waals surface area (Å²) in [6, 6.07) is 7.09. The molecule has 1 aliphatic carbocycles. The number of amides is 1. The van der Waals surface area contributed by atoms with Gasteiger partial charge in [-0.05, 0) is 37.0 Å². The highest BCUT2D eigenvalue weighted by atomic mass is 35.5. The molecule has 0 unspecified atom stereocenters. The van der Waals surface area contributed by atoms with Crippen LogP contribution in [0.25, 0.3) is 0 Å². The maximum Gasteiger partial charge on any atom is 0.238 e. The van der Waals surface area contributed by atoms with Crippen LogP contribution in [0.2, 0.25) is 5.02 Å². The summed E-state index contributed by atoms with van der Waals surface area (Å²) in [7, 11) is 0. The first-order valence-corrected chi connectivity index (χ1v) is 6.93. The van der Waals surface area contributed by atoms with Crippen LogP contribution in [0.4, 0.5) is 5.69 Å². The second-order valence-corrected chi connectivity index (χ2v) is 6.02. The van der Waals surface area contributed by atoms with E-state index in [1.165, 1.54) is 0 Å². The minimum absolute atomic E-state index is 0.0693. The molecule has 19 heavy (non-hydrogen) atoms. The van der Waals surface area contributed by atoms with Crippen LogP contribution in [0.5, 0.6) is 0 Å². The number of anilines is 1. The molecule has 1 saturated heterocycles. The van der Waals surface area contributed by atoms with Crippen molar-refractivity contribution in [3.05, 3.63) is 29.3 Å². The van der Waals surface area contributed by atoms with E-state index >= 15 is 0 Å². The lowest BCUT2D eigenvalue weighted by molar-refractivity contribution is -0.132. The van der Waals surface area contributed by atoms with Crippen molar-refractivity contribution in [3.63, 3.8) is 0 Å². The average molecular weight is 281 g/mol. The van der Waals surface area contributed by atoms with E-state index in [1.54, 1.807) is 24.3 Å². The lowest BCUT2D eigenvalue weighted by Crippen LogP contribution is -2.64. The van der Waals surface area contributed by atoms with Gasteiger partial charge in [0, 0.05) is 23.8 Å². The maximum atomic E-state index is 11.8. The molecule has 1 heterocycles. The number of benzene rings is 1. The van der Waals surface area contributed by atoms with Crippen LogP contribution < -0.4 is 5.32 Å². The Bertz CT molecular complexity index is 496. The topological polar surface area (TPSA) is 52.6 Å². The van der Waals surface area contributed by atoms with E-state index in [9.17, 15) is 9.90 Å². The van der Waals surface area contributed by atoms with Gasteiger partial charge in [0.2, 0.25) is 5.91 Å². The molecule has 3 rings (SSSR count). The molecule has 2 N–H and O–H groups in total. The standard InChI is InChI=1S/C14H17ClN2O2/c15-11-2-1-3-12(6-11)16-13(18)7-17-8-14(19,9-17)10-4-5-10/h1-3,6,10,19H,4-5,7-9H2,(H,16,18). The van der Waals surface area contributed by atoms with Gasteiger partial charge in [0.05, 0.1) is 12.1 Å². The quantitative estimate of drug-likeness (QED) is 0.883. The van der Waals surface area contributed by atoms with Crippen molar-refractivity contribution in [1.82, 2.24) is 4.90 Å². The SMILES string of the molecule is O=C(CN1CC(O)(C2CC2)C1)Nc1cccc(Cl)c1. The van der Waals surface area contributed by atoms with Crippen LogP contribution in [-0.2, 0) is 4.79 Å². The van der Waals surface area contributed by atoms with Gasteiger partial charge in [-0.25, -0.2) is 0 Å². The highest BCUT2D eigenvalue weighted by Crippen LogP contribution is 2.44. The summed E-state index contributed by atoms with van der Waals surface area (Å²) < 4.78 is 0. The number of rotatable bonds is 4. The normalized spacial score (nSPS) is 21.8. The maximum absolute atomic E-state index is 11.8. The van der Waals surface area contributed by atoms with Gasteiger partial charge in [0.15, 0.2) is 0 Å². The molecule has 1 aliphatic heterocycles. The van der Waals surface area contributed by atoms with Gasteiger partial charge in [0.25, 0.3) is 0 Å². The highest BCUT2D eigenvalue weighted by molar-refractivity contribution is 6.30. The third kappa shape index (κ3) is 2.91. The van der Waals surface area contributed by atoms with Gasteiger partial charge in [-0.3, -0.25) is 9.69 Å². The number of hydrogen-bond donors (Lipinski definition) is 2. The van der Waals surface area contributed by atoms with Crippen LogP contribution in [0.15, 0.2) is 24.3 Å². The number of carbonyl (C=O) groups is 1. The summed E-state index contributed by atoms with van der Waals surface area (Å²) in [6.07, 6.45) is 2.25. The lowest BCUT2D eigenvalue weighted by Gasteiger charge is -2.46. The molecule has 4 nitrogen and oxygen atoms in total. The highest BCUT2D eigenvalue weighted by Gasteiger charge is 2.51. The Labute approximate surface area is 117 Å². The summed E-state index contributed by atoms with van der Waals surface area (Å²) >= 11 is 5.86.